The molecule has 1 amide bonds. The van der Waals surface area contributed by atoms with E-state index < -0.39 is 5.91 Å². The second-order valence-electron chi connectivity index (χ2n) is 6.46. The Morgan fingerprint density at radius 2 is 1.92 bits per heavy atom. The highest BCUT2D eigenvalue weighted by molar-refractivity contribution is 5.92. The van der Waals surface area contributed by atoms with Gasteiger partial charge in [0.2, 0.25) is 0 Å². The van der Waals surface area contributed by atoms with Crippen LogP contribution in [0.1, 0.15) is 24.1 Å². The van der Waals surface area contributed by atoms with Crippen LogP contribution < -0.4 is 5.32 Å². The number of aryl methyl sites for hydroxylation is 2. The minimum absolute atomic E-state index is 0.183. The van der Waals surface area contributed by atoms with Crippen LogP contribution in [0.15, 0.2) is 30.3 Å². The van der Waals surface area contributed by atoms with Crippen molar-refractivity contribution in [2.45, 2.75) is 26.7 Å². The molecule has 1 aliphatic heterocycles. The largest absolute Gasteiger partial charge is 0.455 e. The summed E-state index contributed by atoms with van der Waals surface area (Å²) in [6.45, 7) is 4.66. The van der Waals surface area contributed by atoms with Crippen molar-refractivity contribution >= 4 is 17.7 Å². The normalized spacial score (nSPS) is 14.8. The highest BCUT2D eigenvalue weighted by Gasteiger charge is 2.23. The third kappa shape index (κ3) is 4.49. The third-order valence-corrected chi connectivity index (χ3v) is 4.28. The predicted octanol–water partition coefficient (Wildman–Crippen LogP) is 2.40. The molecule has 7 nitrogen and oxygen atoms in total. The van der Waals surface area contributed by atoms with Gasteiger partial charge in [-0.1, -0.05) is 17.7 Å². The molecular formula is C19H23N3O4. The minimum Gasteiger partial charge on any atom is -0.455 e. The summed E-state index contributed by atoms with van der Waals surface area (Å²) in [4.78, 5) is 24.2. The molecular weight excluding hydrogens is 334 g/mol. The summed E-state index contributed by atoms with van der Waals surface area (Å²) in [7, 11) is 0. The lowest BCUT2D eigenvalue weighted by atomic mass is 10.0. The molecule has 138 valence electrons. The zero-order valence-corrected chi connectivity index (χ0v) is 15.0. The van der Waals surface area contributed by atoms with Crippen LogP contribution in [0.4, 0.5) is 5.82 Å². The first-order valence-electron chi connectivity index (χ1n) is 8.71. The second-order valence-corrected chi connectivity index (χ2v) is 6.46. The first-order valence-corrected chi connectivity index (χ1v) is 8.71. The maximum Gasteiger partial charge on any atom is 0.309 e. The summed E-state index contributed by atoms with van der Waals surface area (Å²) in [6, 6.07) is 9.60. The Balaban J connectivity index is 1.60. The summed E-state index contributed by atoms with van der Waals surface area (Å²) >= 11 is 0. The van der Waals surface area contributed by atoms with Crippen molar-refractivity contribution in [2.24, 2.45) is 5.92 Å². The van der Waals surface area contributed by atoms with Crippen LogP contribution >= 0.6 is 0 Å². The number of rotatable bonds is 5. The molecule has 2 aromatic rings. The van der Waals surface area contributed by atoms with Gasteiger partial charge in [-0.25, -0.2) is 4.68 Å². The predicted molar refractivity (Wildman–Crippen MR) is 96.2 cm³/mol. The zero-order valence-electron chi connectivity index (χ0n) is 15.0. The van der Waals surface area contributed by atoms with E-state index in [0.717, 1.165) is 16.9 Å². The molecule has 26 heavy (non-hydrogen) atoms. The van der Waals surface area contributed by atoms with E-state index in [1.54, 1.807) is 10.7 Å². The van der Waals surface area contributed by atoms with Gasteiger partial charge in [-0.2, -0.15) is 5.10 Å². The number of carbonyl (C=O) groups is 2. The summed E-state index contributed by atoms with van der Waals surface area (Å²) in [5, 5.41) is 7.17. The Kier molecular flexibility index (Phi) is 5.68. The van der Waals surface area contributed by atoms with Crippen LogP contribution in [-0.2, 0) is 19.1 Å². The fourth-order valence-corrected chi connectivity index (χ4v) is 2.84. The molecule has 2 heterocycles. The first-order chi connectivity index (χ1) is 12.5. The van der Waals surface area contributed by atoms with Crippen LogP contribution in [0.25, 0.3) is 5.69 Å². The highest BCUT2D eigenvalue weighted by atomic mass is 16.5. The van der Waals surface area contributed by atoms with Crippen LogP contribution in [0, 0.1) is 19.8 Å². The van der Waals surface area contributed by atoms with Crippen LogP contribution in [0.5, 0.6) is 0 Å². The van der Waals surface area contributed by atoms with Crippen LogP contribution in [0.3, 0.4) is 0 Å². The van der Waals surface area contributed by atoms with Crippen molar-refractivity contribution in [3.8, 4) is 5.69 Å². The van der Waals surface area contributed by atoms with E-state index >= 15 is 0 Å². The molecule has 1 aliphatic rings. The van der Waals surface area contributed by atoms with Gasteiger partial charge in [0.25, 0.3) is 5.91 Å². The van der Waals surface area contributed by atoms with E-state index in [1.165, 1.54) is 0 Å². The maximum absolute atomic E-state index is 12.2. The van der Waals surface area contributed by atoms with Gasteiger partial charge in [0.15, 0.2) is 6.61 Å². The zero-order chi connectivity index (χ0) is 18.5. The summed E-state index contributed by atoms with van der Waals surface area (Å²) in [5.74, 6) is -0.374. The summed E-state index contributed by atoms with van der Waals surface area (Å²) in [6.07, 6.45) is 1.28. The summed E-state index contributed by atoms with van der Waals surface area (Å²) < 4.78 is 12.0. The SMILES string of the molecule is Cc1ccc(-n2nc(C)cc2NC(=O)COC(=O)C2CCOCC2)cc1. The smallest absolute Gasteiger partial charge is 0.309 e. The van der Waals surface area contributed by atoms with Gasteiger partial charge in [0, 0.05) is 19.3 Å². The van der Waals surface area contributed by atoms with Crippen molar-refractivity contribution in [3.05, 3.63) is 41.6 Å². The number of ether oxygens (including phenoxy) is 2. The molecule has 1 aromatic heterocycles. The number of esters is 1. The van der Waals surface area contributed by atoms with E-state index in [-0.39, 0.29) is 18.5 Å². The van der Waals surface area contributed by atoms with Crippen molar-refractivity contribution in [3.63, 3.8) is 0 Å². The topological polar surface area (TPSA) is 82.5 Å². The lowest BCUT2D eigenvalue weighted by Gasteiger charge is -2.20. The molecule has 0 atom stereocenters. The number of benzene rings is 1. The molecule has 7 heteroatoms. The Bertz CT molecular complexity index is 777. The summed E-state index contributed by atoms with van der Waals surface area (Å²) in [5.41, 5.74) is 2.77. The molecule has 3 rings (SSSR count). The molecule has 0 bridgehead atoms. The molecule has 0 radical (unpaired) electrons. The minimum atomic E-state index is -0.390. The van der Waals surface area contributed by atoms with Crippen molar-refractivity contribution in [2.75, 3.05) is 25.1 Å². The van der Waals surface area contributed by atoms with Crippen molar-refractivity contribution in [1.82, 2.24) is 9.78 Å². The fraction of sp³-hybridized carbons (Fsp3) is 0.421. The number of carbonyl (C=O) groups excluding carboxylic acids is 2. The molecule has 1 saturated heterocycles. The van der Waals surface area contributed by atoms with E-state index in [4.69, 9.17) is 9.47 Å². The third-order valence-electron chi connectivity index (χ3n) is 4.28. The van der Waals surface area contributed by atoms with Gasteiger partial charge < -0.3 is 14.8 Å². The van der Waals surface area contributed by atoms with Gasteiger partial charge in [-0.15, -0.1) is 0 Å². The number of amides is 1. The molecule has 1 N–H and O–H groups in total. The van der Waals surface area contributed by atoms with Gasteiger partial charge >= 0.3 is 5.97 Å². The number of nitrogens with zero attached hydrogens (tertiary/aromatic N) is 2. The van der Waals surface area contributed by atoms with E-state index in [0.29, 0.717) is 31.9 Å². The number of anilines is 1. The molecule has 0 unspecified atom stereocenters. The molecule has 1 fully saturated rings. The molecule has 0 aliphatic carbocycles. The highest BCUT2D eigenvalue weighted by Crippen LogP contribution is 2.18. The number of aromatic nitrogens is 2. The Hall–Kier alpha value is -2.67. The van der Waals surface area contributed by atoms with Gasteiger partial charge in [0.05, 0.1) is 17.3 Å². The Labute approximate surface area is 152 Å². The van der Waals surface area contributed by atoms with E-state index in [2.05, 4.69) is 10.4 Å². The van der Waals surface area contributed by atoms with Gasteiger partial charge in [-0.3, -0.25) is 9.59 Å². The first kappa shape index (κ1) is 18.1. The van der Waals surface area contributed by atoms with Crippen molar-refractivity contribution < 1.29 is 19.1 Å². The average Bonchev–Trinajstić information content (AvgIpc) is 3.01. The Morgan fingerprint density at radius 1 is 1.23 bits per heavy atom. The van der Waals surface area contributed by atoms with Crippen LogP contribution in [0.2, 0.25) is 0 Å². The average molecular weight is 357 g/mol. The lowest BCUT2D eigenvalue weighted by Crippen LogP contribution is -2.28. The maximum atomic E-state index is 12.2. The standard InChI is InChI=1S/C19H23N3O4/c1-13-3-5-16(6-4-13)22-17(11-14(2)21-22)20-18(23)12-26-19(24)15-7-9-25-10-8-15/h3-6,11,15H,7-10,12H2,1-2H3,(H,20,23). The van der Waals surface area contributed by atoms with Gasteiger partial charge in [-0.05, 0) is 38.8 Å². The quantitative estimate of drug-likeness (QED) is 0.831. The Morgan fingerprint density at radius 3 is 2.62 bits per heavy atom. The number of hydrogen-bond donors (Lipinski definition) is 1. The molecule has 0 saturated carbocycles. The lowest BCUT2D eigenvalue weighted by molar-refractivity contribution is -0.154. The van der Waals surface area contributed by atoms with E-state index in [1.807, 2.05) is 38.1 Å². The second kappa shape index (κ2) is 8.14. The van der Waals surface area contributed by atoms with Crippen molar-refractivity contribution in [1.29, 1.82) is 0 Å². The molecule has 0 spiro atoms. The molecule has 1 aromatic carbocycles. The number of nitrogens with one attached hydrogen (secondary N) is 1. The fourth-order valence-electron chi connectivity index (χ4n) is 2.84. The van der Waals surface area contributed by atoms with E-state index in [9.17, 15) is 9.59 Å². The van der Waals surface area contributed by atoms with Gasteiger partial charge in [0.1, 0.15) is 5.82 Å². The monoisotopic (exact) mass is 357 g/mol. The number of hydrogen-bond acceptors (Lipinski definition) is 5. The van der Waals surface area contributed by atoms with Crippen LogP contribution in [-0.4, -0.2) is 41.5 Å².